The molecule has 10 heteroatoms. The van der Waals surface area contributed by atoms with Gasteiger partial charge in [-0.1, -0.05) is 6.07 Å². The summed E-state index contributed by atoms with van der Waals surface area (Å²) in [6.07, 6.45) is -2.21. The first kappa shape index (κ1) is 23.3. The topological polar surface area (TPSA) is 79.4 Å². The quantitative estimate of drug-likeness (QED) is 0.603. The van der Waals surface area contributed by atoms with E-state index >= 15 is 0 Å². The zero-order valence-corrected chi connectivity index (χ0v) is 18.3. The van der Waals surface area contributed by atoms with Crippen LogP contribution in [0.3, 0.4) is 0 Å². The van der Waals surface area contributed by atoms with Crippen molar-refractivity contribution in [3.8, 4) is 11.3 Å². The second-order valence-electron chi connectivity index (χ2n) is 7.27. The minimum atomic E-state index is -4.57. The number of hydrogen-bond acceptors (Lipinski definition) is 5. The molecule has 0 aliphatic rings. The van der Waals surface area contributed by atoms with E-state index in [0.29, 0.717) is 11.4 Å². The van der Waals surface area contributed by atoms with Gasteiger partial charge in [-0.2, -0.15) is 13.2 Å². The third kappa shape index (κ3) is 5.08. The summed E-state index contributed by atoms with van der Waals surface area (Å²) in [5, 5.41) is 2.67. The summed E-state index contributed by atoms with van der Waals surface area (Å²) in [6.45, 7) is 0. The van der Waals surface area contributed by atoms with Crippen molar-refractivity contribution in [1.82, 2.24) is 4.98 Å². The van der Waals surface area contributed by atoms with Gasteiger partial charge in [0.15, 0.2) is 9.84 Å². The third-order valence-corrected chi connectivity index (χ3v) is 5.78. The molecule has 0 saturated heterocycles. The van der Waals surface area contributed by atoms with Gasteiger partial charge < -0.3 is 10.2 Å². The predicted molar refractivity (Wildman–Crippen MR) is 117 cm³/mol. The largest absolute Gasteiger partial charge is 0.418 e. The van der Waals surface area contributed by atoms with Crippen LogP contribution in [0.25, 0.3) is 11.3 Å². The number of carbonyl (C=O) groups is 1. The Balaban J connectivity index is 1.96. The molecule has 6 nitrogen and oxygen atoms in total. The first-order valence-corrected chi connectivity index (χ1v) is 11.2. The molecule has 32 heavy (non-hydrogen) atoms. The summed E-state index contributed by atoms with van der Waals surface area (Å²) in [7, 11) is -0.0357. The lowest BCUT2D eigenvalue weighted by Crippen LogP contribution is -2.19. The molecule has 0 atom stereocenters. The average Bonchev–Trinajstić information content (AvgIpc) is 2.72. The predicted octanol–water partition coefficient (Wildman–Crippen LogP) is 4.49. The Morgan fingerprint density at radius 3 is 2.25 bits per heavy atom. The number of carbonyl (C=O) groups excluding carboxylic acids is 1. The lowest BCUT2D eigenvalue weighted by atomic mass is 10.0. The van der Waals surface area contributed by atoms with Crippen molar-refractivity contribution in [2.45, 2.75) is 11.1 Å². The molecule has 3 rings (SSSR count). The van der Waals surface area contributed by atoms with Gasteiger partial charge in [-0.15, -0.1) is 0 Å². The Hall–Kier alpha value is -3.40. The van der Waals surface area contributed by atoms with Crippen LogP contribution in [0.5, 0.6) is 0 Å². The van der Waals surface area contributed by atoms with Crippen LogP contribution in [-0.4, -0.2) is 39.7 Å². The van der Waals surface area contributed by atoms with E-state index in [1.165, 1.54) is 54.7 Å². The zero-order chi connectivity index (χ0) is 23.7. The smallest absolute Gasteiger partial charge is 0.377 e. The fourth-order valence-corrected chi connectivity index (χ4v) is 3.72. The summed E-state index contributed by atoms with van der Waals surface area (Å²) in [4.78, 5) is 18.5. The SMILES string of the molecule is CN(C)c1cc(-c2ncccc2C(F)(F)F)ccc1C(=O)Nc1ccc(S(C)(=O)=O)cc1. The number of hydrogen-bond donors (Lipinski definition) is 1. The number of sulfone groups is 1. The van der Waals surface area contributed by atoms with E-state index in [1.54, 1.807) is 19.0 Å². The molecule has 0 aliphatic carbocycles. The van der Waals surface area contributed by atoms with Gasteiger partial charge in [0.1, 0.15) is 0 Å². The highest BCUT2D eigenvalue weighted by Gasteiger charge is 2.34. The molecule has 0 spiro atoms. The van der Waals surface area contributed by atoms with Gasteiger partial charge in [-0.05, 0) is 48.5 Å². The molecule has 0 bridgehead atoms. The van der Waals surface area contributed by atoms with Crippen LogP contribution in [0.2, 0.25) is 0 Å². The van der Waals surface area contributed by atoms with E-state index in [-0.39, 0.29) is 21.7 Å². The van der Waals surface area contributed by atoms with Gasteiger partial charge >= 0.3 is 6.18 Å². The molecule has 1 aromatic heterocycles. The van der Waals surface area contributed by atoms with Crippen molar-refractivity contribution in [2.24, 2.45) is 0 Å². The van der Waals surface area contributed by atoms with Crippen molar-refractivity contribution in [2.75, 3.05) is 30.6 Å². The standard InChI is InChI=1S/C22H20F3N3O3S/c1-28(2)19-13-14(20-18(22(23,24)25)5-4-12-26-20)6-11-17(19)21(29)27-15-7-9-16(10-8-15)32(3,30)31/h4-13H,1-3H3,(H,27,29). The van der Waals surface area contributed by atoms with Crippen molar-refractivity contribution in [1.29, 1.82) is 0 Å². The number of alkyl halides is 3. The molecule has 0 radical (unpaired) electrons. The highest BCUT2D eigenvalue weighted by molar-refractivity contribution is 7.90. The molecular formula is C22H20F3N3O3S. The van der Waals surface area contributed by atoms with Gasteiger partial charge in [-0.3, -0.25) is 9.78 Å². The summed E-state index contributed by atoms with van der Waals surface area (Å²) in [6, 6.07) is 12.2. The zero-order valence-electron chi connectivity index (χ0n) is 17.4. The molecule has 1 amide bonds. The highest BCUT2D eigenvalue weighted by atomic mass is 32.2. The third-order valence-electron chi connectivity index (χ3n) is 4.65. The molecule has 1 heterocycles. The fraction of sp³-hybridized carbons (Fsp3) is 0.182. The molecule has 0 fully saturated rings. The van der Waals surface area contributed by atoms with Crippen LogP contribution < -0.4 is 10.2 Å². The second kappa shape index (κ2) is 8.62. The fourth-order valence-electron chi connectivity index (χ4n) is 3.09. The molecule has 3 aromatic rings. The number of halogens is 3. The van der Waals surface area contributed by atoms with Crippen LogP contribution in [-0.2, 0) is 16.0 Å². The van der Waals surface area contributed by atoms with E-state index in [2.05, 4.69) is 10.3 Å². The maximum atomic E-state index is 13.4. The summed E-state index contributed by atoms with van der Waals surface area (Å²) >= 11 is 0. The Bertz CT molecular complexity index is 1260. The number of nitrogens with zero attached hydrogens (tertiary/aromatic N) is 2. The van der Waals surface area contributed by atoms with E-state index in [1.807, 2.05) is 0 Å². The number of nitrogens with one attached hydrogen (secondary N) is 1. The molecule has 2 aromatic carbocycles. The number of pyridine rings is 1. The number of amides is 1. The minimum Gasteiger partial charge on any atom is -0.377 e. The van der Waals surface area contributed by atoms with Crippen molar-refractivity contribution < 1.29 is 26.4 Å². The maximum Gasteiger partial charge on any atom is 0.418 e. The number of aromatic nitrogens is 1. The molecule has 0 saturated carbocycles. The van der Waals surface area contributed by atoms with Crippen molar-refractivity contribution in [3.05, 3.63) is 71.9 Å². The Morgan fingerprint density at radius 2 is 1.69 bits per heavy atom. The van der Waals surface area contributed by atoms with E-state index < -0.39 is 27.5 Å². The van der Waals surface area contributed by atoms with Crippen molar-refractivity contribution >= 4 is 27.1 Å². The number of rotatable bonds is 5. The maximum absolute atomic E-state index is 13.4. The van der Waals surface area contributed by atoms with Crippen LogP contribution in [0.4, 0.5) is 24.5 Å². The first-order chi connectivity index (χ1) is 14.9. The highest BCUT2D eigenvalue weighted by Crippen LogP contribution is 2.37. The van der Waals surface area contributed by atoms with Crippen LogP contribution in [0.1, 0.15) is 15.9 Å². The van der Waals surface area contributed by atoms with E-state index in [4.69, 9.17) is 0 Å². The monoisotopic (exact) mass is 463 g/mol. The minimum absolute atomic E-state index is 0.115. The van der Waals surface area contributed by atoms with E-state index in [0.717, 1.165) is 12.3 Å². The lowest BCUT2D eigenvalue weighted by Gasteiger charge is -2.19. The molecule has 1 N–H and O–H groups in total. The number of benzene rings is 2. The van der Waals surface area contributed by atoms with Crippen LogP contribution in [0.15, 0.2) is 65.7 Å². The van der Waals surface area contributed by atoms with Gasteiger partial charge in [0.2, 0.25) is 0 Å². The summed E-state index contributed by atoms with van der Waals surface area (Å²) in [5.41, 5.74) is 0.122. The Labute approximate surface area is 183 Å². The molecular weight excluding hydrogens is 443 g/mol. The lowest BCUT2D eigenvalue weighted by molar-refractivity contribution is -0.137. The van der Waals surface area contributed by atoms with Crippen LogP contribution >= 0.6 is 0 Å². The second-order valence-corrected chi connectivity index (χ2v) is 9.29. The summed E-state index contributed by atoms with van der Waals surface area (Å²) < 4.78 is 63.3. The van der Waals surface area contributed by atoms with Gasteiger partial charge in [-0.25, -0.2) is 8.42 Å². The van der Waals surface area contributed by atoms with Gasteiger partial charge in [0, 0.05) is 43.5 Å². The molecule has 168 valence electrons. The van der Waals surface area contributed by atoms with Gasteiger partial charge in [0.25, 0.3) is 5.91 Å². The number of anilines is 2. The van der Waals surface area contributed by atoms with Crippen molar-refractivity contribution in [3.63, 3.8) is 0 Å². The average molecular weight is 463 g/mol. The molecule has 0 aliphatic heterocycles. The normalized spacial score (nSPS) is 11.8. The van der Waals surface area contributed by atoms with Crippen LogP contribution in [0, 0.1) is 0 Å². The Morgan fingerprint density at radius 1 is 1.03 bits per heavy atom. The Kier molecular flexibility index (Phi) is 6.27. The van der Waals surface area contributed by atoms with Gasteiger partial charge in [0.05, 0.1) is 21.7 Å². The summed E-state index contributed by atoms with van der Waals surface area (Å²) in [5.74, 6) is -0.496. The first-order valence-electron chi connectivity index (χ1n) is 9.33. The molecule has 0 unspecified atom stereocenters. The van der Waals surface area contributed by atoms with E-state index in [9.17, 15) is 26.4 Å².